The molecule has 2 rings (SSSR count). The number of hydrogen-bond acceptors (Lipinski definition) is 4. The second-order valence-electron chi connectivity index (χ2n) is 4.59. The zero-order valence-electron chi connectivity index (χ0n) is 10.5. The highest BCUT2D eigenvalue weighted by Crippen LogP contribution is 2.25. The van der Waals surface area contributed by atoms with Crippen LogP contribution in [-0.2, 0) is 5.54 Å². The van der Waals surface area contributed by atoms with E-state index in [1.165, 1.54) is 0 Å². The lowest BCUT2D eigenvalue weighted by Crippen LogP contribution is -2.29. The molecule has 5 nitrogen and oxygen atoms in total. The molecule has 2 N–H and O–H groups in total. The molecule has 0 aliphatic carbocycles. The van der Waals surface area contributed by atoms with Gasteiger partial charge in [0.15, 0.2) is 0 Å². The first-order valence-electron chi connectivity index (χ1n) is 5.47. The molecule has 0 bridgehead atoms. The van der Waals surface area contributed by atoms with Crippen LogP contribution in [0.5, 0.6) is 5.75 Å². The number of aromatic nitrogens is 3. The third kappa shape index (κ3) is 2.47. The van der Waals surface area contributed by atoms with Crippen molar-refractivity contribution in [3.8, 4) is 11.4 Å². The summed E-state index contributed by atoms with van der Waals surface area (Å²) in [5, 5.41) is 8.66. The van der Waals surface area contributed by atoms with Crippen LogP contribution in [0, 0.1) is 0 Å². The summed E-state index contributed by atoms with van der Waals surface area (Å²) in [5.41, 5.74) is 6.83. The van der Waals surface area contributed by atoms with Crippen molar-refractivity contribution in [2.45, 2.75) is 19.4 Å². The van der Waals surface area contributed by atoms with E-state index in [0.717, 1.165) is 0 Å². The van der Waals surface area contributed by atoms with Crippen LogP contribution in [0.25, 0.3) is 5.69 Å². The average Bonchev–Trinajstić information content (AvgIpc) is 2.78. The quantitative estimate of drug-likeness (QED) is 0.924. The molecule has 1 aromatic carbocycles. The molecule has 0 saturated carbocycles. The number of halogens is 1. The Labute approximate surface area is 111 Å². The van der Waals surface area contributed by atoms with Gasteiger partial charge in [-0.1, -0.05) is 16.8 Å². The van der Waals surface area contributed by atoms with Gasteiger partial charge in [-0.15, -0.1) is 5.10 Å². The zero-order valence-corrected chi connectivity index (χ0v) is 11.3. The summed E-state index contributed by atoms with van der Waals surface area (Å²) < 4.78 is 6.75. The van der Waals surface area contributed by atoms with Crippen LogP contribution in [-0.4, -0.2) is 22.1 Å². The molecule has 18 heavy (non-hydrogen) atoms. The van der Waals surface area contributed by atoms with Gasteiger partial charge in [-0.2, -0.15) is 0 Å². The number of hydrogen-bond donors (Lipinski definition) is 1. The molecule has 0 amide bonds. The lowest BCUT2D eigenvalue weighted by Gasteiger charge is -2.13. The van der Waals surface area contributed by atoms with Crippen molar-refractivity contribution < 1.29 is 4.74 Å². The number of nitrogens with zero attached hydrogens (tertiary/aromatic N) is 3. The Hall–Kier alpha value is -1.59. The molecule has 0 unspecified atom stereocenters. The molecular formula is C12H15ClN4O. The van der Waals surface area contributed by atoms with Crippen molar-refractivity contribution in [2.24, 2.45) is 5.73 Å². The first kappa shape index (κ1) is 12.9. The number of ether oxygens (including phenoxy) is 1. The number of methoxy groups -OCH3 is 1. The largest absolute Gasteiger partial charge is 0.497 e. The maximum absolute atomic E-state index is 6.14. The summed E-state index contributed by atoms with van der Waals surface area (Å²) in [5.74, 6) is 0.707. The van der Waals surface area contributed by atoms with Crippen molar-refractivity contribution >= 4 is 11.6 Å². The van der Waals surface area contributed by atoms with Crippen LogP contribution in [0.3, 0.4) is 0 Å². The van der Waals surface area contributed by atoms with Gasteiger partial charge in [-0.25, -0.2) is 4.68 Å². The van der Waals surface area contributed by atoms with E-state index in [1.807, 2.05) is 13.8 Å². The van der Waals surface area contributed by atoms with E-state index in [0.29, 0.717) is 22.2 Å². The van der Waals surface area contributed by atoms with Crippen molar-refractivity contribution in [1.82, 2.24) is 15.0 Å². The Bertz CT molecular complexity index is 559. The third-order valence-corrected chi connectivity index (χ3v) is 2.87. The lowest BCUT2D eigenvalue weighted by atomic mass is 10.0. The normalized spacial score (nSPS) is 11.6. The van der Waals surface area contributed by atoms with Gasteiger partial charge in [0.05, 0.1) is 29.6 Å². The first-order chi connectivity index (χ1) is 8.41. The predicted octanol–water partition coefficient (Wildman–Crippen LogP) is 2.12. The molecule has 0 radical (unpaired) electrons. The van der Waals surface area contributed by atoms with Crippen LogP contribution in [0.1, 0.15) is 19.5 Å². The Morgan fingerprint density at radius 3 is 2.67 bits per heavy atom. The van der Waals surface area contributed by atoms with E-state index in [2.05, 4.69) is 10.3 Å². The van der Waals surface area contributed by atoms with Gasteiger partial charge in [0, 0.05) is 6.07 Å². The molecule has 2 aromatic rings. The molecule has 96 valence electrons. The molecule has 0 aliphatic heterocycles. The Morgan fingerprint density at radius 2 is 2.11 bits per heavy atom. The first-order valence-corrected chi connectivity index (χ1v) is 5.85. The van der Waals surface area contributed by atoms with E-state index in [1.54, 1.807) is 36.2 Å². The maximum atomic E-state index is 6.14. The van der Waals surface area contributed by atoms with Crippen molar-refractivity contribution in [2.75, 3.05) is 7.11 Å². The van der Waals surface area contributed by atoms with Crippen molar-refractivity contribution in [3.63, 3.8) is 0 Å². The molecule has 0 fully saturated rings. The lowest BCUT2D eigenvalue weighted by molar-refractivity contribution is 0.414. The van der Waals surface area contributed by atoms with Crippen LogP contribution < -0.4 is 10.5 Å². The monoisotopic (exact) mass is 266 g/mol. The summed E-state index contributed by atoms with van der Waals surface area (Å²) in [6.45, 7) is 3.74. The highest BCUT2D eigenvalue weighted by Gasteiger charge is 2.19. The SMILES string of the molecule is COc1ccc(Cl)c(-n2cc(C(C)(C)N)nn2)c1. The minimum Gasteiger partial charge on any atom is -0.497 e. The van der Waals surface area contributed by atoms with E-state index >= 15 is 0 Å². The molecule has 0 atom stereocenters. The number of benzene rings is 1. The molecule has 0 spiro atoms. The second-order valence-corrected chi connectivity index (χ2v) is 4.99. The predicted molar refractivity (Wildman–Crippen MR) is 70.1 cm³/mol. The standard InChI is InChI=1S/C12H15ClN4O/c1-12(2,14)11-7-17(16-15-11)10-6-8(18-3)4-5-9(10)13/h4-7H,14H2,1-3H3. The van der Waals surface area contributed by atoms with E-state index in [-0.39, 0.29) is 0 Å². The van der Waals surface area contributed by atoms with Gasteiger partial charge in [-0.05, 0) is 26.0 Å². The molecule has 1 heterocycles. The fraction of sp³-hybridized carbons (Fsp3) is 0.333. The van der Waals surface area contributed by atoms with Gasteiger partial charge < -0.3 is 10.5 Å². The summed E-state index contributed by atoms with van der Waals surface area (Å²) in [7, 11) is 1.60. The van der Waals surface area contributed by atoms with Gasteiger partial charge >= 0.3 is 0 Å². The highest BCUT2D eigenvalue weighted by molar-refractivity contribution is 6.32. The number of nitrogens with two attached hydrogens (primary N) is 1. The third-order valence-electron chi connectivity index (χ3n) is 2.55. The fourth-order valence-electron chi connectivity index (χ4n) is 1.47. The Balaban J connectivity index is 2.45. The minimum absolute atomic E-state index is 0.538. The smallest absolute Gasteiger partial charge is 0.121 e. The summed E-state index contributed by atoms with van der Waals surface area (Å²) in [4.78, 5) is 0. The van der Waals surface area contributed by atoms with Gasteiger partial charge in [-0.3, -0.25) is 0 Å². The van der Waals surface area contributed by atoms with Gasteiger partial charge in [0.2, 0.25) is 0 Å². The highest BCUT2D eigenvalue weighted by atomic mass is 35.5. The number of rotatable bonds is 3. The van der Waals surface area contributed by atoms with E-state index < -0.39 is 5.54 Å². The van der Waals surface area contributed by atoms with Crippen LogP contribution >= 0.6 is 11.6 Å². The van der Waals surface area contributed by atoms with Gasteiger partial charge in [0.25, 0.3) is 0 Å². The molecular weight excluding hydrogens is 252 g/mol. The average molecular weight is 267 g/mol. The summed E-state index contributed by atoms with van der Waals surface area (Å²) in [6.07, 6.45) is 1.76. The topological polar surface area (TPSA) is 66.0 Å². The Kier molecular flexibility index (Phi) is 3.28. The molecule has 1 aromatic heterocycles. The van der Waals surface area contributed by atoms with Crippen molar-refractivity contribution in [1.29, 1.82) is 0 Å². The van der Waals surface area contributed by atoms with Gasteiger partial charge in [0.1, 0.15) is 11.4 Å². The zero-order chi connectivity index (χ0) is 13.3. The van der Waals surface area contributed by atoms with Crippen LogP contribution in [0.2, 0.25) is 5.02 Å². The Morgan fingerprint density at radius 1 is 1.39 bits per heavy atom. The van der Waals surface area contributed by atoms with Crippen molar-refractivity contribution in [3.05, 3.63) is 35.1 Å². The van der Waals surface area contributed by atoms with E-state index in [4.69, 9.17) is 22.1 Å². The molecule has 0 saturated heterocycles. The van der Waals surface area contributed by atoms with Crippen LogP contribution in [0.15, 0.2) is 24.4 Å². The van der Waals surface area contributed by atoms with Crippen LogP contribution in [0.4, 0.5) is 0 Å². The minimum atomic E-state index is -0.538. The second kappa shape index (κ2) is 4.59. The van der Waals surface area contributed by atoms with E-state index in [9.17, 15) is 0 Å². The summed E-state index contributed by atoms with van der Waals surface area (Å²) >= 11 is 6.14. The molecule has 6 heteroatoms. The molecule has 0 aliphatic rings. The fourth-order valence-corrected chi connectivity index (χ4v) is 1.68. The maximum Gasteiger partial charge on any atom is 0.121 e. The summed E-state index contributed by atoms with van der Waals surface area (Å²) in [6, 6.07) is 5.34.